The Morgan fingerprint density at radius 1 is 0.446 bits per heavy atom. The van der Waals surface area contributed by atoms with E-state index < -0.39 is 18.1 Å². The van der Waals surface area contributed by atoms with E-state index in [1.807, 2.05) is 21.1 Å². The number of rotatable bonds is 52. The maximum atomic E-state index is 12.8. The molecule has 8 heteroatoms. The fraction of sp³-hybridized carbons (Fsp3) is 0.912. The van der Waals surface area contributed by atoms with Crippen LogP contribution in [0.2, 0.25) is 0 Å². The number of hydrogen-bond donors (Lipinski definition) is 0. The van der Waals surface area contributed by atoms with E-state index in [1.165, 1.54) is 212 Å². The van der Waals surface area contributed by atoms with E-state index in [9.17, 15) is 19.5 Å². The number of allylic oxidation sites excluding steroid dienone is 2. The summed E-state index contributed by atoms with van der Waals surface area (Å²) < 4.78 is 17.3. The lowest BCUT2D eigenvalue weighted by Gasteiger charge is -2.34. The molecule has 0 aliphatic rings. The molecule has 0 N–H and O–H groups in total. The van der Waals surface area contributed by atoms with Gasteiger partial charge in [0.1, 0.15) is 12.6 Å². The molecule has 0 spiro atoms. The van der Waals surface area contributed by atoms with Crippen LogP contribution in [-0.2, 0) is 28.6 Å². The second-order valence-corrected chi connectivity index (χ2v) is 20.5. The van der Waals surface area contributed by atoms with E-state index in [0.29, 0.717) is 12.8 Å². The standard InChI is InChI=1S/C57H109NO7/c1-6-8-10-12-14-16-18-20-22-24-25-26-27-28-29-30-32-33-35-37-39-41-43-45-47-55(59)64-52-53(51-63-50-49-54(57(61)62)58(3,4)5)65-56(60)48-46-44-42-40-38-36-34-31-23-21-19-17-15-13-11-9-7-2/h21,23,53-54H,6-20,22,24-52H2,1-5H3/b23-21-. The zero-order chi connectivity index (χ0) is 47.7. The van der Waals surface area contributed by atoms with Gasteiger partial charge in [-0.1, -0.05) is 238 Å². The molecule has 0 rings (SSSR count). The number of carbonyl (C=O) groups is 3. The van der Waals surface area contributed by atoms with E-state index in [2.05, 4.69) is 26.0 Å². The second kappa shape index (κ2) is 48.5. The number of hydrogen-bond acceptors (Lipinski definition) is 7. The van der Waals surface area contributed by atoms with Crippen molar-refractivity contribution >= 4 is 17.9 Å². The molecule has 0 fully saturated rings. The van der Waals surface area contributed by atoms with Gasteiger partial charge in [0.25, 0.3) is 0 Å². The van der Waals surface area contributed by atoms with E-state index >= 15 is 0 Å². The third kappa shape index (κ3) is 46.9. The van der Waals surface area contributed by atoms with Crippen LogP contribution < -0.4 is 5.11 Å². The van der Waals surface area contributed by atoms with E-state index in [-0.39, 0.29) is 42.7 Å². The minimum atomic E-state index is -1.12. The van der Waals surface area contributed by atoms with Crippen LogP contribution in [0.4, 0.5) is 0 Å². The topological polar surface area (TPSA) is 102 Å². The summed E-state index contributed by atoms with van der Waals surface area (Å²) in [5.74, 6) is -1.72. The lowest BCUT2D eigenvalue weighted by molar-refractivity contribution is -0.889. The van der Waals surface area contributed by atoms with Crippen LogP contribution in [0.15, 0.2) is 12.2 Å². The number of unbranched alkanes of at least 4 members (excludes halogenated alkanes) is 36. The number of likely N-dealkylation sites (N-methyl/N-ethyl adjacent to an activating group) is 1. The number of nitrogens with zero attached hydrogens (tertiary/aromatic N) is 1. The van der Waals surface area contributed by atoms with Crippen LogP contribution in [0.1, 0.15) is 284 Å². The Morgan fingerprint density at radius 3 is 1.11 bits per heavy atom. The SMILES string of the molecule is CCCCCCCC/C=C\CCCCCCCCCC(=O)OC(COCCC(C(=O)[O-])[N+](C)(C)C)COC(=O)CCCCCCCCCCCCCCCCCCCCCCCCCC. The summed E-state index contributed by atoms with van der Waals surface area (Å²) in [6.45, 7) is 4.71. The summed E-state index contributed by atoms with van der Waals surface area (Å²) in [5.41, 5.74) is 0. The predicted molar refractivity (Wildman–Crippen MR) is 273 cm³/mol. The van der Waals surface area contributed by atoms with Gasteiger partial charge in [0.15, 0.2) is 6.10 Å². The fourth-order valence-electron chi connectivity index (χ4n) is 8.78. The van der Waals surface area contributed by atoms with Gasteiger partial charge in [0.2, 0.25) is 0 Å². The molecule has 2 unspecified atom stereocenters. The lowest BCUT2D eigenvalue weighted by Crippen LogP contribution is -2.55. The van der Waals surface area contributed by atoms with Gasteiger partial charge < -0.3 is 28.6 Å². The summed E-state index contributed by atoms with van der Waals surface area (Å²) in [7, 11) is 5.43. The molecule has 0 aromatic rings. The molecular formula is C57H109NO7. The molecule has 0 bridgehead atoms. The van der Waals surface area contributed by atoms with Crippen LogP contribution in [-0.4, -0.2) is 75.5 Å². The van der Waals surface area contributed by atoms with Crippen molar-refractivity contribution in [3.8, 4) is 0 Å². The molecule has 0 saturated carbocycles. The number of aliphatic carboxylic acids is 1. The second-order valence-electron chi connectivity index (χ2n) is 20.5. The molecule has 0 radical (unpaired) electrons. The maximum absolute atomic E-state index is 12.8. The van der Waals surface area contributed by atoms with E-state index in [4.69, 9.17) is 14.2 Å². The third-order valence-electron chi connectivity index (χ3n) is 13.2. The van der Waals surface area contributed by atoms with Gasteiger partial charge in [0, 0.05) is 19.3 Å². The molecule has 2 atom stereocenters. The minimum absolute atomic E-state index is 0.0453. The Labute approximate surface area is 403 Å². The Kier molecular flexibility index (Phi) is 47.1. The largest absolute Gasteiger partial charge is 0.544 e. The van der Waals surface area contributed by atoms with Crippen molar-refractivity contribution in [2.24, 2.45) is 0 Å². The number of quaternary nitrogens is 1. The predicted octanol–water partition coefficient (Wildman–Crippen LogP) is 15.3. The highest BCUT2D eigenvalue weighted by atomic mass is 16.6. The van der Waals surface area contributed by atoms with Crippen LogP contribution in [0.3, 0.4) is 0 Å². The molecule has 8 nitrogen and oxygen atoms in total. The van der Waals surface area contributed by atoms with Crippen molar-refractivity contribution < 1.29 is 38.2 Å². The van der Waals surface area contributed by atoms with Crippen molar-refractivity contribution in [3.63, 3.8) is 0 Å². The molecule has 0 amide bonds. The van der Waals surface area contributed by atoms with Crippen LogP contribution in [0.5, 0.6) is 0 Å². The first-order chi connectivity index (χ1) is 31.6. The Morgan fingerprint density at radius 2 is 0.769 bits per heavy atom. The van der Waals surface area contributed by atoms with Crippen molar-refractivity contribution in [1.29, 1.82) is 0 Å². The van der Waals surface area contributed by atoms with Crippen LogP contribution in [0, 0.1) is 0 Å². The molecule has 0 saturated heterocycles. The van der Waals surface area contributed by atoms with Gasteiger partial charge in [-0.25, -0.2) is 0 Å². The van der Waals surface area contributed by atoms with Crippen molar-refractivity contribution in [2.75, 3.05) is 41.0 Å². The highest BCUT2D eigenvalue weighted by molar-refractivity contribution is 5.70. The first kappa shape index (κ1) is 63.1. The number of carbonyl (C=O) groups excluding carboxylic acids is 3. The highest BCUT2D eigenvalue weighted by Gasteiger charge is 2.25. The Hall–Kier alpha value is -1.93. The van der Waals surface area contributed by atoms with Gasteiger partial charge in [-0.05, 0) is 38.5 Å². The maximum Gasteiger partial charge on any atom is 0.306 e. The molecule has 0 aromatic heterocycles. The molecule has 0 aromatic carbocycles. The van der Waals surface area contributed by atoms with Gasteiger partial charge in [-0.2, -0.15) is 0 Å². The summed E-state index contributed by atoms with van der Waals surface area (Å²) >= 11 is 0. The first-order valence-corrected chi connectivity index (χ1v) is 28.2. The quantitative estimate of drug-likeness (QED) is 0.0259. The summed E-state index contributed by atoms with van der Waals surface area (Å²) in [4.78, 5) is 37.1. The Balaban J connectivity index is 4.11. The molecule has 0 aliphatic heterocycles. The number of esters is 2. The Bertz CT molecular complexity index is 1070. The van der Waals surface area contributed by atoms with Crippen molar-refractivity contribution in [2.45, 2.75) is 296 Å². The molecule has 384 valence electrons. The van der Waals surface area contributed by atoms with E-state index in [1.54, 1.807) is 0 Å². The van der Waals surface area contributed by atoms with Crippen molar-refractivity contribution in [1.82, 2.24) is 0 Å². The summed E-state index contributed by atoms with van der Waals surface area (Å²) in [5, 5.41) is 11.7. The van der Waals surface area contributed by atoms with Gasteiger partial charge in [-0.3, -0.25) is 9.59 Å². The zero-order valence-electron chi connectivity index (χ0n) is 43.9. The highest BCUT2D eigenvalue weighted by Crippen LogP contribution is 2.17. The molecule has 65 heavy (non-hydrogen) atoms. The van der Waals surface area contributed by atoms with Gasteiger partial charge >= 0.3 is 11.9 Å². The van der Waals surface area contributed by atoms with Crippen molar-refractivity contribution in [3.05, 3.63) is 12.2 Å². The molecular weight excluding hydrogens is 811 g/mol. The zero-order valence-corrected chi connectivity index (χ0v) is 43.9. The summed E-state index contributed by atoms with van der Waals surface area (Å²) in [6.07, 6.45) is 55.4. The molecule has 0 aliphatic carbocycles. The van der Waals surface area contributed by atoms with Gasteiger partial charge in [-0.15, -0.1) is 0 Å². The fourth-order valence-corrected chi connectivity index (χ4v) is 8.78. The van der Waals surface area contributed by atoms with Crippen LogP contribution in [0.25, 0.3) is 0 Å². The minimum Gasteiger partial charge on any atom is -0.544 e. The van der Waals surface area contributed by atoms with Crippen LogP contribution >= 0.6 is 0 Å². The molecule has 0 heterocycles. The number of ether oxygens (including phenoxy) is 3. The number of carboxylic acids is 1. The lowest BCUT2D eigenvalue weighted by atomic mass is 10.0. The average Bonchev–Trinajstić information content (AvgIpc) is 3.27. The average molecular weight is 920 g/mol. The van der Waals surface area contributed by atoms with E-state index in [0.717, 1.165) is 38.5 Å². The third-order valence-corrected chi connectivity index (χ3v) is 13.2. The smallest absolute Gasteiger partial charge is 0.306 e. The normalized spacial score (nSPS) is 12.8. The first-order valence-electron chi connectivity index (χ1n) is 28.2. The monoisotopic (exact) mass is 920 g/mol. The van der Waals surface area contributed by atoms with Gasteiger partial charge in [0.05, 0.1) is 40.3 Å². The number of carboxylic acid groups (broad SMARTS) is 1. The summed E-state index contributed by atoms with van der Waals surface area (Å²) in [6, 6.07) is -0.723.